The van der Waals surface area contributed by atoms with E-state index in [9.17, 15) is 0 Å². The monoisotopic (exact) mass is 478 g/mol. The molecule has 2 N–H and O–H groups in total. The summed E-state index contributed by atoms with van der Waals surface area (Å²) in [7, 11) is 1.79. The van der Waals surface area contributed by atoms with Gasteiger partial charge in [0.15, 0.2) is 5.96 Å². The maximum Gasteiger partial charge on any atom is 0.190 e. The molecule has 24 heavy (non-hydrogen) atoms. The normalized spacial score (nSPS) is 11.0. The van der Waals surface area contributed by atoms with Gasteiger partial charge in [-0.2, -0.15) is 0 Å². The summed E-state index contributed by atoms with van der Waals surface area (Å²) in [5.41, 5.74) is 2.41. The fourth-order valence-corrected chi connectivity index (χ4v) is 3.04. The standard InChI is InChI=1S/C17H23ClN4S.HI/c1-3-16-22-15(12-23-16)9-11-21-17(19-2)20-10-8-13-4-6-14(18)7-5-13;/h4-7,12H,3,8-11H2,1-2H3,(H2,19,20,21);1H. The summed E-state index contributed by atoms with van der Waals surface area (Å²) in [6.45, 7) is 3.79. The highest BCUT2D eigenvalue weighted by Crippen LogP contribution is 2.10. The van der Waals surface area contributed by atoms with Gasteiger partial charge in [0, 0.05) is 37.0 Å². The van der Waals surface area contributed by atoms with Crippen LogP contribution in [0.4, 0.5) is 0 Å². The number of thiazole rings is 1. The third-order valence-corrected chi connectivity index (χ3v) is 4.71. The Morgan fingerprint density at radius 3 is 2.42 bits per heavy atom. The van der Waals surface area contributed by atoms with E-state index in [4.69, 9.17) is 11.6 Å². The first kappa shape index (κ1) is 21.2. The second kappa shape index (κ2) is 11.7. The first-order valence-electron chi connectivity index (χ1n) is 7.83. The van der Waals surface area contributed by atoms with Crippen molar-refractivity contribution in [2.75, 3.05) is 20.1 Å². The van der Waals surface area contributed by atoms with Crippen molar-refractivity contribution in [2.45, 2.75) is 26.2 Å². The lowest BCUT2D eigenvalue weighted by molar-refractivity contribution is 0.776. The predicted molar refractivity (Wildman–Crippen MR) is 115 cm³/mol. The third-order valence-electron chi connectivity index (χ3n) is 3.42. The van der Waals surface area contributed by atoms with Crippen LogP contribution >= 0.6 is 46.9 Å². The Labute approximate surface area is 170 Å². The summed E-state index contributed by atoms with van der Waals surface area (Å²) < 4.78 is 0. The Morgan fingerprint density at radius 2 is 1.83 bits per heavy atom. The average Bonchev–Trinajstić information content (AvgIpc) is 3.03. The van der Waals surface area contributed by atoms with E-state index >= 15 is 0 Å². The molecule has 0 bridgehead atoms. The zero-order chi connectivity index (χ0) is 16.5. The van der Waals surface area contributed by atoms with E-state index in [0.717, 1.165) is 49.0 Å². The Kier molecular flexibility index (Phi) is 10.3. The molecular weight excluding hydrogens is 455 g/mol. The van der Waals surface area contributed by atoms with Crippen LogP contribution in [0.25, 0.3) is 0 Å². The summed E-state index contributed by atoms with van der Waals surface area (Å²) >= 11 is 7.62. The molecule has 4 nitrogen and oxygen atoms in total. The van der Waals surface area contributed by atoms with Crippen molar-refractivity contribution in [1.82, 2.24) is 15.6 Å². The van der Waals surface area contributed by atoms with Crippen LogP contribution < -0.4 is 10.6 Å². The molecule has 0 aliphatic rings. The molecule has 2 rings (SSSR count). The zero-order valence-electron chi connectivity index (χ0n) is 14.0. The molecule has 0 radical (unpaired) electrons. The van der Waals surface area contributed by atoms with Crippen LogP contribution in [-0.2, 0) is 19.3 Å². The molecule has 1 aromatic carbocycles. The lowest BCUT2D eigenvalue weighted by Crippen LogP contribution is -2.39. The number of aryl methyl sites for hydroxylation is 1. The number of nitrogens with zero attached hydrogens (tertiary/aromatic N) is 2. The number of rotatable bonds is 7. The summed E-state index contributed by atoms with van der Waals surface area (Å²) in [6.07, 6.45) is 2.85. The van der Waals surface area contributed by atoms with Crippen molar-refractivity contribution in [1.29, 1.82) is 0 Å². The van der Waals surface area contributed by atoms with Gasteiger partial charge in [0.25, 0.3) is 0 Å². The summed E-state index contributed by atoms with van der Waals surface area (Å²) in [5, 5.41) is 10.8. The van der Waals surface area contributed by atoms with Gasteiger partial charge in [-0.1, -0.05) is 30.7 Å². The van der Waals surface area contributed by atoms with Crippen LogP contribution in [0.2, 0.25) is 5.02 Å². The number of benzene rings is 1. The Morgan fingerprint density at radius 1 is 1.17 bits per heavy atom. The van der Waals surface area contributed by atoms with E-state index < -0.39 is 0 Å². The van der Waals surface area contributed by atoms with Crippen molar-refractivity contribution in [3.8, 4) is 0 Å². The molecule has 1 heterocycles. The molecule has 132 valence electrons. The number of nitrogens with one attached hydrogen (secondary N) is 2. The quantitative estimate of drug-likeness (QED) is 0.360. The number of halogens is 2. The van der Waals surface area contributed by atoms with Gasteiger partial charge in [-0.3, -0.25) is 4.99 Å². The van der Waals surface area contributed by atoms with Crippen molar-refractivity contribution < 1.29 is 0 Å². The Balaban J connectivity index is 0.00000288. The summed E-state index contributed by atoms with van der Waals surface area (Å²) in [5.74, 6) is 0.824. The number of guanidine groups is 1. The summed E-state index contributed by atoms with van der Waals surface area (Å²) in [4.78, 5) is 8.81. The molecule has 0 spiro atoms. The minimum atomic E-state index is 0. The zero-order valence-corrected chi connectivity index (χ0v) is 17.9. The van der Waals surface area contributed by atoms with Crippen LogP contribution in [0.5, 0.6) is 0 Å². The van der Waals surface area contributed by atoms with E-state index in [1.807, 2.05) is 24.3 Å². The van der Waals surface area contributed by atoms with Crippen LogP contribution in [0.3, 0.4) is 0 Å². The predicted octanol–water partition coefficient (Wildman–Crippen LogP) is 3.93. The van der Waals surface area contributed by atoms with Crippen molar-refractivity contribution in [2.24, 2.45) is 4.99 Å². The molecule has 1 aromatic heterocycles. The molecule has 0 amide bonds. The van der Waals surface area contributed by atoms with Gasteiger partial charge < -0.3 is 10.6 Å². The number of hydrogen-bond acceptors (Lipinski definition) is 3. The topological polar surface area (TPSA) is 49.3 Å². The lowest BCUT2D eigenvalue weighted by Gasteiger charge is -2.11. The highest BCUT2D eigenvalue weighted by atomic mass is 127. The molecular formula is C17H24ClIN4S. The van der Waals surface area contributed by atoms with Crippen LogP contribution in [-0.4, -0.2) is 31.1 Å². The molecule has 0 unspecified atom stereocenters. The van der Waals surface area contributed by atoms with Crippen molar-refractivity contribution in [3.63, 3.8) is 0 Å². The Hall–Kier alpha value is -0.860. The van der Waals surface area contributed by atoms with Crippen LogP contribution in [0.15, 0.2) is 34.6 Å². The second-order valence-corrected chi connectivity index (χ2v) is 6.52. The van der Waals surface area contributed by atoms with E-state index in [1.54, 1.807) is 18.4 Å². The molecule has 2 aromatic rings. The minimum Gasteiger partial charge on any atom is -0.356 e. The van der Waals surface area contributed by atoms with E-state index in [-0.39, 0.29) is 24.0 Å². The van der Waals surface area contributed by atoms with E-state index in [0.29, 0.717) is 0 Å². The highest BCUT2D eigenvalue weighted by Gasteiger charge is 2.02. The van der Waals surface area contributed by atoms with Crippen LogP contribution in [0, 0.1) is 0 Å². The molecule has 0 saturated carbocycles. The smallest absolute Gasteiger partial charge is 0.190 e. The lowest BCUT2D eigenvalue weighted by atomic mass is 10.1. The fourth-order valence-electron chi connectivity index (χ4n) is 2.13. The third kappa shape index (κ3) is 7.36. The minimum absolute atomic E-state index is 0. The van der Waals surface area contributed by atoms with Gasteiger partial charge in [-0.05, 0) is 30.5 Å². The van der Waals surface area contributed by atoms with E-state index in [2.05, 4.69) is 32.9 Å². The van der Waals surface area contributed by atoms with Crippen LogP contribution in [0.1, 0.15) is 23.2 Å². The maximum atomic E-state index is 5.89. The number of aliphatic imine (C=N–C) groups is 1. The van der Waals surface area contributed by atoms with Gasteiger partial charge in [0.05, 0.1) is 10.7 Å². The first-order valence-corrected chi connectivity index (χ1v) is 9.09. The molecule has 0 aliphatic carbocycles. The molecule has 0 atom stereocenters. The largest absolute Gasteiger partial charge is 0.356 e. The van der Waals surface area contributed by atoms with Gasteiger partial charge in [0.2, 0.25) is 0 Å². The second-order valence-electron chi connectivity index (χ2n) is 5.14. The first-order chi connectivity index (χ1) is 11.2. The highest BCUT2D eigenvalue weighted by molar-refractivity contribution is 14.0. The fraction of sp³-hybridized carbons (Fsp3) is 0.412. The van der Waals surface area contributed by atoms with Gasteiger partial charge >= 0.3 is 0 Å². The van der Waals surface area contributed by atoms with Crippen molar-refractivity contribution in [3.05, 3.63) is 50.9 Å². The van der Waals surface area contributed by atoms with Gasteiger partial charge in [-0.25, -0.2) is 4.98 Å². The molecule has 0 saturated heterocycles. The average molecular weight is 479 g/mol. The molecule has 7 heteroatoms. The SMILES string of the molecule is CCc1nc(CCNC(=NC)NCCc2ccc(Cl)cc2)cs1.I. The number of hydrogen-bond donors (Lipinski definition) is 2. The molecule has 0 aliphatic heterocycles. The summed E-state index contributed by atoms with van der Waals surface area (Å²) in [6, 6.07) is 7.94. The maximum absolute atomic E-state index is 5.89. The van der Waals surface area contributed by atoms with E-state index in [1.165, 1.54) is 10.6 Å². The van der Waals surface area contributed by atoms with Gasteiger partial charge in [0.1, 0.15) is 0 Å². The van der Waals surface area contributed by atoms with Crippen molar-refractivity contribution >= 4 is 52.9 Å². The number of aromatic nitrogens is 1. The van der Waals surface area contributed by atoms with Gasteiger partial charge in [-0.15, -0.1) is 35.3 Å². The Bertz CT molecular complexity index is 628. The molecule has 0 fully saturated rings.